The predicted octanol–water partition coefficient (Wildman–Crippen LogP) is 5.60. The van der Waals surface area contributed by atoms with Crippen LogP contribution in [0.4, 0.5) is 19.0 Å². The van der Waals surface area contributed by atoms with Gasteiger partial charge in [-0.2, -0.15) is 18.3 Å². The monoisotopic (exact) mass is 506 g/mol. The molecule has 2 fully saturated rings. The third-order valence-corrected chi connectivity index (χ3v) is 8.22. The van der Waals surface area contributed by atoms with Crippen LogP contribution in [0.3, 0.4) is 0 Å². The van der Waals surface area contributed by atoms with Gasteiger partial charge in [0.05, 0.1) is 20.3 Å². The molecule has 1 aliphatic carbocycles. The van der Waals surface area contributed by atoms with Crippen molar-refractivity contribution in [3.05, 3.63) is 35.5 Å². The van der Waals surface area contributed by atoms with Crippen LogP contribution in [0.2, 0.25) is 0 Å². The Morgan fingerprint density at radius 3 is 2.56 bits per heavy atom. The molecule has 2 aliphatic heterocycles. The number of anilines is 1. The topological polar surface area (TPSA) is 68.6 Å². The van der Waals surface area contributed by atoms with Crippen LogP contribution < -0.4 is 14.8 Å². The lowest BCUT2D eigenvalue weighted by atomic mass is 9.72. The van der Waals surface area contributed by atoms with Gasteiger partial charge in [0.1, 0.15) is 5.82 Å². The standard InChI is InChI=1S/C26H33F3N4O3/c1-15-10-11-32(20-7-5-4-6-17(15)20)25(34)19-14-24-30-18(13-23(26(27,28)29)33(24)31-19)16-8-9-21(35-2)22(12-16)36-3/h8-9,12,14-15,17-18,20,23,30H,4-7,10-11,13H2,1-3H3. The first-order valence-corrected chi connectivity index (χ1v) is 12.7. The van der Waals surface area contributed by atoms with Gasteiger partial charge >= 0.3 is 6.18 Å². The normalized spacial score (nSPS) is 28.1. The van der Waals surface area contributed by atoms with E-state index >= 15 is 0 Å². The number of piperidine rings is 1. The second-order valence-electron chi connectivity index (χ2n) is 10.2. The molecule has 1 N–H and O–H groups in total. The number of rotatable bonds is 4. The van der Waals surface area contributed by atoms with Crippen LogP contribution in [-0.2, 0) is 0 Å². The minimum absolute atomic E-state index is 0.0681. The van der Waals surface area contributed by atoms with Gasteiger partial charge in [-0.1, -0.05) is 25.8 Å². The average Bonchev–Trinajstić information content (AvgIpc) is 3.31. The van der Waals surface area contributed by atoms with Crippen molar-refractivity contribution in [2.45, 2.75) is 69.8 Å². The molecule has 10 heteroatoms. The van der Waals surface area contributed by atoms with Crippen molar-refractivity contribution in [3.8, 4) is 11.5 Å². The van der Waals surface area contributed by atoms with Crippen LogP contribution in [0.15, 0.2) is 24.3 Å². The Kier molecular flexibility index (Phi) is 6.55. The minimum atomic E-state index is -4.52. The molecule has 1 aromatic heterocycles. The van der Waals surface area contributed by atoms with Gasteiger partial charge in [0, 0.05) is 25.1 Å². The molecule has 1 saturated carbocycles. The van der Waals surface area contributed by atoms with Crippen LogP contribution in [0.1, 0.15) is 73.6 Å². The fourth-order valence-electron chi connectivity index (χ4n) is 6.28. The number of ether oxygens (including phenoxy) is 2. The van der Waals surface area contributed by atoms with E-state index in [2.05, 4.69) is 17.3 Å². The second-order valence-corrected chi connectivity index (χ2v) is 10.2. The lowest BCUT2D eigenvalue weighted by Gasteiger charge is -2.47. The molecule has 2 aromatic rings. The van der Waals surface area contributed by atoms with E-state index < -0.39 is 18.3 Å². The molecule has 7 nitrogen and oxygen atoms in total. The van der Waals surface area contributed by atoms with Crippen molar-refractivity contribution in [2.75, 3.05) is 26.1 Å². The molecule has 0 radical (unpaired) electrons. The van der Waals surface area contributed by atoms with Gasteiger partial charge in [-0.3, -0.25) is 4.79 Å². The van der Waals surface area contributed by atoms with Crippen molar-refractivity contribution >= 4 is 11.7 Å². The first-order valence-electron chi connectivity index (χ1n) is 12.7. The SMILES string of the molecule is COc1ccc(C2CC(C(F)(F)F)n3nc(C(=O)N4CCC(C)C5CCCCC54)cc3N2)cc1OC. The smallest absolute Gasteiger partial charge is 0.410 e. The van der Waals surface area contributed by atoms with Gasteiger partial charge in [-0.25, -0.2) is 4.68 Å². The number of alkyl halides is 3. The van der Waals surface area contributed by atoms with Gasteiger partial charge in [-0.05, 0) is 48.8 Å². The Bertz CT molecular complexity index is 1120. The Balaban J connectivity index is 1.45. The van der Waals surface area contributed by atoms with Crippen LogP contribution in [0.25, 0.3) is 0 Å². The summed E-state index contributed by atoms with van der Waals surface area (Å²) in [5.74, 6) is 1.86. The fraction of sp³-hybridized carbons (Fsp3) is 0.615. The van der Waals surface area contributed by atoms with E-state index in [0.29, 0.717) is 35.4 Å². The summed E-state index contributed by atoms with van der Waals surface area (Å²) >= 11 is 0. The zero-order valence-electron chi connectivity index (χ0n) is 20.8. The minimum Gasteiger partial charge on any atom is -0.493 e. The molecule has 36 heavy (non-hydrogen) atoms. The number of amides is 1. The number of benzene rings is 1. The maximum atomic E-state index is 14.2. The largest absolute Gasteiger partial charge is 0.493 e. The highest BCUT2D eigenvalue weighted by atomic mass is 19.4. The maximum Gasteiger partial charge on any atom is 0.410 e. The first kappa shape index (κ1) is 24.8. The molecular formula is C26H33F3N4O3. The van der Waals surface area contributed by atoms with Crippen molar-refractivity contribution in [1.82, 2.24) is 14.7 Å². The Morgan fingerprint density at radius 1 is 1.08 bits per heavy atom. The second kappa shape index (κ2) is 9.52. The third-order valence-electron chi connectivity index (χ3n) is 8.22. The Hall–Kier alpha value is -2.91. The Morgan fingerprint density at radius 2 is 1.83 bits per heavy atom. The number of halogens is 3. The molecule has 5 unspecified atom stereocenters. The number of nitrogens with zero attached hydrogens (tertiary/aromatic N) is 3. The summed E-state index contributed by atoms with van der Waals surface area (Å²) in [5, 5.41) is 7.40. The van der Waals surface area contributed by atoms with Gasteiger partial charge in [-0.15, -0.1) is 0 Å². The quantitative estimate of drug-likeness (QED) is 0.585. The van der Waals surface area contributed by atoms with Crippen molar-refractivity contribution in [2.24, 2.45) is 11.8 Å². The number of hydrogen-bond donors (Lipinski definition) is 1. The van der Waals surface area contributed by atoms with E-state index in [1.54, 1.807) is 18.2 Å². The van der Waals surface area contributed by atoms with Crippen LogP contribution in [0, 0.1) is 11.8 Å². The number of aromatic nitrogens is 2. The number of carbonyl (C=O) groups excluding carboxylic acids is 1. The van der Waals surface area contributed by atoms with E-state index in [0.717, 1.165) is 30.4 Å². The molecule has 3 aliphatic rings. The molecule has 1 saturated heterocycles. The highest BCUT2D eigenvalue weighted by Crippen LogP contribution is 2.45. The number of nitrogens with one attached hydrogen (secondary N) is 1. The lowest BCUT2D eigenvalue weighted by molar-refractivity contribution is -0.173. The van der Waals surface area contributed by atoms with E-state index in [4.69, 9.17) is 9.47 Å². The van der Waals surface area contributed by atoms with E-state index in [1.807, 2.05) is 4.90 Å². The molecule has 5 atom stereocenters. The average molecular weight is 507 g/mol. The number of hydrogen-bond acceptors (Lipinski definition) is 5. The highest BCUT2D eigenvalue weighted by Gasteiger charge is 2.47. The zero-order valence-corrected chi connectivity index (χ0v) is 20.8. The van der Waals surface area contributed by atoms with E-state index in [1.165, 1.54) is 26.7 Å². The predicted molar refractivity (Wildman–Crippen MR) is 128 cm³/mol. The van der Waals surface area contributed by atoms with Crippen LogP contribution >= 0.6 is 0 Å². The first-order chi connectivity index (χ1) is 17.2. The molecular weight excluding hydrogens is 473 g/mol. The maximum absolute atomic E-state index is 14.2. The van der Waals surface area contributed by atoms with E-state index in [-0.39, 0.29) is 29.9 Å². The summed E-state index contributed by atoms with van der Waals surface area (Å²) in [6, 6.07) is 4.21. The molecule has 1 aromatic carbocycles. The summed E-state index contributed by atoms with van der Waals surface area (Å²) in [7, 11) is 2.99. The molecule has 0 spiro atoms. The third kappa shape index (κ3) is 4.39. The number of methoxy groups -OCH3 is 2. The fourth-order valence-corrected chi connectivity index (χ4v) is 6.28. The lowest BCUT2D eigenvalue weighted by Crippen LogP contribution is -2.52. The van der Waals surface area contributed by atoms with Crippen LogP contribution in [-0.4, -0.2) is 53.6 Å². The highest BCUT2D eigenvalue weighted by molar-refractivity contribution is 5.93. The van der Waals surface area contributed by atoms with Crippen molar-refractivity contribution in [3.63, 3.8) is 0 Å². The summed E-state index contributed by atoms with van der Waals surface area (Å²) in [6.07, 6.45) is 0.410. The number of fused-ring (bicyclic) bond motifs is 2. The summed E-state index contributed by atoms with van der Waals surface area (Å²) in [5.41, 5.74) is 0.705. The molecule has 5 rings (SSSR count). The summed E-state index contributed by atoms with van der Waals surface area (Å²) in [6.45, 7) is 2.86. The molecule has 196 valence electrons. The number of likely N-dealkylation sites (tertiary alicyclic amines) is 1. The Labute approximate surface area is 208 Å². The van der Waals surface area contributed by atoms with Crippen molar-refractivity contribution < 1.29 is 27.4 Å². The molecule has 1 amide bonds. The van der Waals surface area contributed by atoms with E-state index in [9.17, 15) is 18.0 Å². The van der Waals surface area contributed by atoms with Gasteiger partial charge in [0.2, 0.25) is 0 Å². The summed E-state index contributed by atoms with van der Waals surface area (Å²) in [4.78, 5) is 15.4. The molecule has 3 heterocycles. The summed E-state index contributed by atoms with van der Waals surface area (Å²) < 4.78 is 54.1. The zero-order chi connectivity index (χ0) is 25.6. The van der Waals surface area contributed by atoms with Gasteiger partial charge in [0.15, 0.2) is 23.2 Å². The molecule has 0 bridgehead atoms. The van der Waals surface area contributed by atoms with Gasteiger partial charge < -0.3 is 19.7 Å². The van der Waals surface area contributed by atoms with Gasteiger partial charge in [0.25, 0.3) is 5.91 Å². The van der Waals surface area contributed by atoms with Crippen molar-refractivity contribution in [1.29, 1.82) is 0 Å². The number of carbonyl (C=O) groups is 1. The van der Waals surface area contributed by atoms with Crippen LogP contribution in [0.5, 0.6) is 11.5 Å².